The molecule has 1 aromatic carbocycles. The molecule has 0 spiro atoms. The molecule has 2 rings (SSSR count). The molecular formula is C13H8F2N4O2. The van der Waals surface area contributed by atoms with E-state index in [0.717, 1.165) is 0 Å². The number of aromatic nitrogens is 2. The number of ether oxygens (including phenoxy) is 1. The minimum Gasteiger partial charge on any atom is -0.389 e. The summed E-state index contributed by atoms with van der Waals surface area (Å²) in [5, 5.41) is 17.9. The molecule has 1 amide bonds. The smallest absolute Gasteiger partial charge is 0.389 e. The summed E-state index contributed by atoms with van der Waals surface area (Å²) in [6.07, 6.45) is -3.42. The summed E-state index contributed by atoms with van der Waals surface area (Å²) >= 11 is 0. The maximum atomic E-state index is 12.4. The highest BCUT2D eigenvalue weighted by Crippen LogP contribution is 2.20. The molecule has 21 heavy (non-hydrogen) atoms. The van der Waals surface area contributed by atoms with E-state index in [1.54, 1.807) is 6.07 Å². The van der Waals surface area contributed by atoms with Gasteiger partial charge in [-0.05, 0) is 18.2 Å². The third kappa shape index (κ3) is 3.94. The summed E-state index contributed by atoms with van der Waals surface area (Å²) < 4.78 is 29.5. The minimum atomic E-state index is -2.57. The van der Waals surface area contributed by atoms with Crippen LogP contribution in [0.15, 0.2) is 36.4 Å². The summed E-state index contributed by atoms with van der Waals surface area (Å²) in [5.74, 6) is -0.0873. The van der Waals surface area contributed by atoms with Crippen LogP contribution in [0, 0.1) is 11.3 Å². The van der Waals surface area contributed by atoms with Gasteiger partial charge in [0.25, 0.3) is 6.43 Å². The lowest BCUT2D eigenvalue weighted by Crippen LogP contribution is -2.17. The number of benzene rings is 1. The van der Waals surface area contributed by atoms with Crippen molar-refractivity contribution in [2.24, 2.45) is 0 Å². The van der Waals surface area contributed by atoms with Gasteiger partial charge in [0.05, 0.1) is 0 Å². The molecule has 8 heteroatoms. The van der Waals surface area contributed by atoms with Crippen LogP contribution in [0.4, 0.5) is 19.3 Å². The van der Waals surface area contributed by atoms with Crippen molar-refractivity contribution in [1.29, 1.82) is 5.26 Å². The maximum absolute atomic E-state index is 12.4. The number of hydrogen-bond donors (Lipinski definition) is 1. The summed E-state index contributed by atoms with van der Waals surface area (Å²) in [5.41, 5.74) is 0.239. The van der Waals surface area contributed by atoms with Crippen molar-refractivity contribution in [2.75, 3.05) is 5.32 Å². The van der Waals surface area contributed by atoms with Crippen molar-refractivity contribution >= 4 is 11.8 Å². The molecule has 0 aliphatic carbocycles. The number of alkyl halides is 2. The van der Waals surface area contributed by atoms with E-state index in [2.05, 4.69) is 15.5 Å². The first-order chi connectivity index (χ1) is 10.1. The monoisotopic (exact) mass is 290 g/mol. The number of nitriles is 1. The van der Waals surface area contributed by atoms with Crippen LogP contribution < -0.4 is 10.1 Å². The molecular weight excluding hydrogens is 282 g/mol. The van der Waals surface area contributed by atoms with E-state index in [4.69, 9.17) is 10.00 Å². The van der Waals surface area contributed by atoms with Crippen LogP contribution in [0.2, 0.25) is 0 Å². The largest absolute Gasteiger partial charge is 0.418 e. The van der Waals surface area contributed by atoms with Gasteiger partial charge < -0.3 is 4.74 Å². The van der Waals surface area contributed by atoms with Crippen LogP contribution in [-0.2, 0) is 0 Å². The second kappa shape index (κ2) is 6.38. The molecule has 0 radical (unpaired) electrons. The molecule has 1 heterocycles. The van der Waals surface area contributed by atoms with Crippen molar-refractivity contribution in [1.82, 2.24) is 10.2 Å². The Morgan fingerprint density at radius 3 is 2.43 bits per heavy atom. The molecule has 0 aliphatic heterocycles. The molecule has 0 unspecified atom stereocenters. The van der Waals surface area contributed by atoms with Crippen molar-refractivity contribution in [3.05, 3.63) is 47.7 Å². The van der Waals surface area contributed by atoms with E-state index in [1.165, 1.54) is 36.4 Å². The Hall–Kier alpha value is -3.08. The lowest BCUT2D eigenvalue weighted by Gasteiger charge is -2.06. The average molecular weight is 290 g/mol. The van der Waals surface area contributed by atoms with Gasteiger partial charge in [-0.1, -0.05) is 12.1 Å². The van der Waals surface area contributed by atoms with Crippen molar-refractivity contribution in [3.63, 3.8) is 0 Å². The van der Waals surface area contributed by atoms with Gasteiger partial charge in [-0.15, -0.1) is 10.2 Å². The van der Waals surface area contributed by atoms with Crippen molar-refractivity contribution in [3.8, 4) is 11.9 Å². The van der Waals surface area contributed by atoms with Gasteiger partial charge in [0.1, 0.15) is 6.07 Å². The second-order valence-electron chi connectivity index (χ2n) is 3.81. The number of nitrogens with one attached hydrogen (secondary N) is 1. The quantitative estimate of drug-likeness (QED) is 0.939. The number of halogens is 2. The number of rotatable bonds is 3. The Kier molecular flexibility index (Phi) is 4.36. The Morgan fingerprint density at radius 1 is 1.19 bits per heavy atom. The predicted octanol–water partition coefficient (Wildman–Crippen LogP) is 2.90. The van der Waals surface area contributed by atoms with Crippen LogP contribution in [0.25, 0.3) is 0 Å². The normalized spacial score (nSPS) is 10.0. The van der Waals surface area contributed by atoms with Gasteiger partial charge in [0.15, 0.2) is 5.69 Å². The molecule has 0 fully saturated rings. The van der Waals surface area contributed by atoms with E-state index in [9.17, 15) is 13.6 Å². The number of nitrogens with zero attached hydrogens (tertiary/aromatic N) is 3. The molecule has 0 atom stereocenters. The lowest BCUT2D eigenvalue weighted by molar-refractivity contribution is 0.151. The molecule has 1 aromatic heterocycles. The van der Waals surface area contributed by atoms with Gasteiger partial charge in [-0.3, -0.25) is 5.32 Å². The molecule has 2 aromatic rings. The molecule has 0 aliphatic rings. The SMILES string of the molecule is N#Cc1ccc(OC(=O)Nc2ccc(C(F)F)cc2)nn1. The van der Waals surface area contributed by atoms with Crippen LogP contribution >= 0.6 is 0 Å². The number of carbonyl (C=O) groups excluding carboxylic acids is 1. The Labute approximate surface area is 118 Å². The highest BCUT2D eigenvalue weighted by molar-refractivity contribution is 5.86. The first-order valence-corrected chi connectivity index (χ1v) is 5.69. The van der Waals surface area contributed by atoms with Crippen LogP contribution in [0.1, 0.15) is 17.7 Å². The van der Waals surface area contributed by atoms with Gasteiger partial charge >= 0.3 is 6.09 Å². The van der Waals surface area contributed by atoms with Gasteiger partial charge in [-0.25, -0.2) is 13.6 Å². The average Bonchev–Trinajstić information content (AvgIpc) is 2.48. The summed E-state index contributed by atoms with van der Waals surface area (Å²) in [6.45, 7) is 0. The lowest BCUT2D eigenvalue weighted by atomic mass is 10.2. The Bertz CT molecular complexity index is 666. The fraction of sp³-hybridized carbons (Fsp3) is 0.0769. The van der Waals surface area contributed by atoms with Gasteiger partial charge in [0.2, 0.25) is 5.88 Å². The zero-order valence-electron chi connectivity index (χ0n) is 10.5. The molecule has 0 saturated carbocycles. The van der Waals surface area contributed by atoms with Crippen LogP contribution in [-0.4, -0.2) is 16.3 Å². The summed E-state index contributed by atoms with van der Waals surface area (Å²) in [7, 11) is 0. The Morgan fingerprint density at radius 2 is 1.90 bits per heavy atom. The molecule has 1 N–H and O–H groups in total. The summed E-state index contributed by atoms with van der Waals surface area (Å²) in [6, 6.07) is 9.47. The fourth-order valence-electron chi connectivity index (χ4n) is 1.38. The standard InChI is InChI=1S/C13H8F2N4O2/c14-12(15)8-1-3-9(4-2-8)17-13(20)21-11-6-5-10(7-16)18-19-11/h1-6,12H,(H,17,20). The number of hydrogen-bond acceptors (Lipinski definition) is 5. The first-order valence-electron chi connectivity index (χ1n) is 5.69. The van der Waals surface area contributed by atoms with Crippen LogP contribution in [0.5, 0.6) is 5.88 Å². The Balaban J connectivity index is 1.96. The maximum Gasteiger partial charge on any atom is 0.418 e. The number of carbonyl (C=O) groups is 1. The minimum absolute atomic E-state index is 0.0873. The van der Waals surface area contributed by atoms with E-state index in [1.807, 2.05) is 0 Å². The van der Waals surface area contributed by atoms with E-state index >= 15 is 0 Å². The predicted molar refractivity (Wildman–Crippen MR) is 67.8 cm³/mol. The van der Waals surface area contributed by atoms with Crippen molar-refractivity contribution < 1.29 is 18.3 Å². The fourth-order valence-corrected chi connectivity index (χ4v) is 1.38. The third-order valence-corrected chi connectivity index (χ3v) is 2.36. The van der Waals surface area contributed by atoms with E-state index in [-0.39, 0.29) is 17.1 Å². The highest BCUT2D eigenvalue weighted by Gasteiger charge is 2.09. The topological polar surface area (TPSA) is 87.9 Å². The zero-order valence-corrected chi connectivity index (χ0v) is 10.5. The second-order valence-corrected chi connectivity index (χ2v) is 3.81. The van der Waals surface area contributed by atoms with Crippen molar-refractivity contribution in [2.45, 2.75) is 6.43 Å². The number of amides is 1. The van der Waals surface area contributed by atoms with E-state index < -0.39 is 12.5 Å². The van der Waals surface area contributed by atoms with Gasteiger partial charge in [0, 0.05) is 17.3 Å². The number of anilines is 1. The molecule has 6 nitrogen and oxygen atoms in total. The first kappa shape index (κ1) is 14.3. The van der Waals surface area contributed by atoms with Crippen LogP contribution in [0.3, 0.4) is 0 Å². The zero-order chi connectivity index (χ0) is 15.2. The third-order valence-electron chi connectivity index (χ3n) is 2.36. The molecule has 0 saturated heterocycles. The molecule has 106 valence electrons. The summed E-state index contributed by atoms with van der Waals surface area (Å²) in [4.78, 5) is 11.5. The molecule has 0 bridgehead atoms. The van der Waals surface area contributed by atoms with Gasteiger partial charge in [-0.2, -0.15) is 5.26 Å². The highest BCUT2D eigenvalue weighted by atomic mass is 19.3. The van der Waals surface area contributed by atoms with E-state index in [0.29, 0.717) is 5.69 Å².